The van der Waals surface area contributed by atoms with Gasteiger partial charge < -0.3 is 19.6 Å². The second-order valence-corrected chi connectivity index (χ2v) is 10.9. The molecule has 184 valence electrons. The average Bonchev–Trinajstić information content (AvgIpc) is 2.79. The molecule has 0 bridgehead atoms. The van der Waals surface area contributed by atoms with E-state index in [4.69, 9.17) is 28.6 Å². The van der Waals surface area contributed by atoms with E-state index >= 15 is 0 Å². The van der Waals surface area contributed by atoms with Crippen LogP contribution in [0.4, 0.5) is 0 Å². The van der Waals surface area contributed by atoms with Crippen molar-refractivity contribution >= 4 is 99.1 Å². The molecule has 0 aliphatic carbocycles. The van der Waals surface area contributed by atoms with Crippen molar-refractivity contribution in [3.05, 3.63) is 81.7 Å². The molecule has 0 atom stereocenters. The second kappa shape index (κ2) is 13.9. The third-order valence-electron chi connectivity index (χ3n) is 4.48. The van der Waals surface area contributed by atoms with Crippen LogP contribution in [-0.4, -0.2) is 52.7 Å². The summed E-state index contributed by atoms with van der Waals surface area (Å²) in [7, 11) is 7.32. The number of hydrogen-bond donors (Lipinski definition) is 1. The van der Waals surface area contributed by atoms with E-state index in [0.29, 0.717) is 15.4 Å². The highest BCUT2D eigenvalue weighted by atomic mass is 79.9. The van der Waals surface area contributed by atoms with Crippen molar-refractivity contribution in [2.75, 3.05) is 28.2 Å². The number of phenolic OH excluding ortho intramolecular Hbond substituents is 1. The molecule has 0 aliphatic heterocycles. The SMILES string of the molecule is CN(C)C(=S)Cl.CN(C)C(=S)Oc1ccc2ccc(Br)cc2c1.Oc1ccc2ccc(Br)cc2c1. The molecule has 4 rings (SSSR count). The van der Waals surface area contributed by atoms with E-state index in [1.807, 2.05) is 62.6 Å². The molecule has 0 spiro atoms. The molecule has 0 radical (unpaired) electrons. The molecule has 0 aliphatic rings. The van der Waals surface area contributed by atoms with Gasteiger partial charge in [0.1, 0.15) is 11.5 Å². The second-order valence-electron chi connectivity index (χ2n) is 7.74. The molecular formula is C26H25Br2ClN2O2S2. The maximum Gasteiger partial charge on any atom is 0.264 e. The quantitative estimate of drug-likeness (QED) is 0.126. The summed E-state index contributed by atoms with van der Waals surface area (Å²) < 4.78 is 8.05. The number of nitrogens with zero attached hydrogens (tertiary/aromatic N) is 2. The molecule has 35 heavy (non-hydrogen) atoms. The van der Waals surface area contributed by atoms with Crippen molar-refractivity contribution in [1.29, 1.82) is 0 Å². The summed E-state index contributed by atoms with van der Waals surface area (Å²) in [5.41, 5.74) is 0. The number of rotatable bonds is 1. The Hall–Kier alpha value is -1.97. The summed E-state index contributed by atoms with van der Waals surface area (Å²) in [5, 5.41) is 14.1. The third-order valence-corrected chi connectivity index (χ3v) is 6.62. The van der Waals surface area contributed by atoms with Gasteiger partial charge in [-0.2, -0.15) is 0 Å². The van der Waals surface area contributed by atoms with Crippen LogP contribution in [0.1, 0.15) is 0 Å². The van der Waals surface area contributed by atoms with Crippen LogP contribution >= 0.6 is 67.9 Å². The lowest BCUT2D eigenvalue weighted by atomic mass is 10.1. The van der Waals surface area contributed by atoms with E-state index in [0.717, 1.165) is 30.9 Å². The number of thiocarbonyl (C=S) groups is 2. The van der Waals surface area contributed by atoms with Gasteiger partial charge in [0.05, 0.1) is 0 Å². The summed E-state index contributed by atoms with van der Waals surface area (Å²) in [5.74, 6) is 1.06. The van der Waals surface area contributed by atoms with Gasteiger partial charge in [0.25, 0.3) is 5.17 Å². The Morgan fingerprint density at radius 1 is 0.714 bits per heavy atom. The summed E-state index contributed by atoms with van der Waals surface area (Å²) in [6, 6.07) is 23.4. The molecular weight excluding hydrogens is 632 g/mol. The van der Waals surface area contributed by atoms with Crippen molar-refractivity contribution < 1.29 is 9.84 Å². The Morgan fingerprint density at radius 3 is 1.66 bits per heavy atom. The first kappa shape index (κ1) is 29.3. The van der Waals surface area contributed by atoms with E-state index in [2.05, 4.69) is 56.2 Å². The van der Waals surface area contributed by atoms with Crippen LogP contribution in [-0.2, 0) is 0 Å². The molecule has 0 fully saturated rings. The molecule has 9 heteroatoms. The van der Waals surface area contributed by atoms with Crippen LogP contribution in [0.15, 0.2) is 81.7 Å². The van der Waals surface area contributed by atoms with E-state index in [1.165, 1.54) is 5.39 Å². The number of hydrogen-bond acceptors (Lipinski definition) is 4. The first-order valence-electron chi connectivity index (χ1n) is 10.3. The fourth-order valence-electron chi connectivity index (χ4n) is 2.66. The molecule has 0 amide bonds. The molecule has 0 aromatic heterocycles. The lowest BCUT2D eigenvalue weighted by Gasteiger charge is -2.14. The first-order chi connectivity index (χ1) is 16.5. The minimum atomic E-state index is 0.306. The van der Waals surface area contributed by atoms with Crippen LogP contribution in [0.25, 0.3) is 21.5 Å². The lowest BCUT2D eigenvalue weighted by molar-refractivity contribution is 0.450. The smallest absolute Gasteiger partial charge is 0.264 e. The topological polar surface area (TPSA) is 35.9 Å². The number of benzene rings is 4. The summed E-state index contributed by atoms with van der Waals surface area (Å²) in [4.78, 5) is 3.43. The molecule has 0 unspecified atom stereocenters. The number of halogens is 3. The predicted molar refractivity (Wildman–Crippen MR) is 164 cm³/mol. The van der Waals surface area contributed by atoms with Gasteiger partial charge in [-0.25, -0.2) is 0 Å². The Labute approximate surface area is 238 Å². The highest BCUT2D eigenvalue weighted by molar-refractivity contribution is 9.10. The van der Waals surface area contributed by atoms with Crippen molar-refractivity contribution in [3.63, 3.8) is 0 Å². The molecule has 0 saturated carbocycles. The molecule has 4 nitrogen and oxygen atoms in total. The molecule has 1 N–H and O–H groups in total. The summed E-state index contributed by atoms with van der Waals surface area (Å²) in [6.07, 6.45) is 0. The van der Waals surface area contributed by atoms with E-state index in [9.17, 15) is 5.11 Å². The molecule has 0 saturated heterocycles. The molecule has 4 aromatic carbocycles. The van der Waals surface area contributed by atoms with Gasteiger partial charge in [-0.3, -0.25) is 0 Å². The van der Waals surface area contributed by atoms with E-state index in [1.54, 1.807) is 36.0 Å². The van der Waals surface area contributed by atoms with Gasteiger partial charge in [0.15, 0.2) is 4.45 Å². The van der Waals surface area contributed by atoms with Gasteiger partial charge in [0.2, 0.25) is 0 Å². The number of ether oxygens (including phenoxy) is 1. The van der Waals surface area contributed by atoms with Gasteiger partial charge in [-0.15, -0.1) is 0 Å². The van der Waals surface area contributed by atoms with E-state index in [-0.39, 0.29) is 0 Å². The number of phenols is 1. The summed E-state index contributed by atoms with van der Waals surface area (Å²) in [6.45, 7) is 0. The molecule has 4 aromatic rings. The average molecular weight is 657 g/mol. The Bertz CT molecular complexity index is 1300. The standard InChI is InChI=1S/C13H12BrNOS.C10H7BrO.C3H6ClNS/c1-15(2)13(17)16-12-6-4-9-3-5-11(14)7-10(9)8-12;11-9-3-1-7-2-4-10(12)6-8(7)5-9;1-5(2)3(4)6/h3-8H,1-2H3;1-6,12H;1-2H3. The third kappa shape index (κ3) is 9.89. The van der Waals surface area contributed by atoms with Gasteiger partial charge in [-0.05, 0) is 94.5 Å². The first-order valence-corrected chi connectivity index (χ1v) is 13.1. The normalized spacial score (nSPS) is 9.91. The van der Waals surface area contributed by atoms with Crippen LogP contribution in [0.2, 0.25) is 0 Å². The van der Waals surface area contributed by atoms with Gasteiger partial charge in [-0.1, -0.05) is 67.7 Å². The van der Waals surface area contributed by atoms with Gasteiger partial charge >= 0.3 is 0 Å². The van der Waals surface area contributed by atoms with Crippen molar-refractivity contribution in [2.24, 2.45) is 0 Å². The zero-order valence-corrected chi connectivity index (χ0v) is 25.2. The lowest BCUT2D eigenvalue weighted by Crippen LogP contribution is -2.24. The summed E-state index contributed by atoms with van der Waals surface area (Å²) >= 11 is 21.7. The highest BCUT2D eigenvalue weighted by Crippen LogP contribution is 2.25. The fraction of sp³-hybridized carbons (Fsp3) is 0.154. The van der Waals surface area contributed by atoms with Crippen molar-refractivity contribution in [2.45, 2.75) is 0 Å². The Balaban J connectivity index is 0.000000209. The van der Waals surface area contributed by atoms with Crippen LogP contribution in [0, 0.1) is 0 Å². The van der Waals surface area contributed by atoms with Crippen molar-refractivity contribution in [3.8, 4) is 11.5 Å². The van der Waals surface area contributed by atoms with Crippen LogP contribution in [0.3, 0.4) is 0 Å². The maximum atomic E-state index is 9.21. The Morgan fingerprint density at radius 2 is 1.17 bits per heavy atom. The van der Waals surface area contributed by atoms with Crippen LogP contribution < -0.4 is 4.74 Å². The number of aromatic hydroxyl groups is 1. The predicted octanol–water partition coefficient (Wildman–Crippen LogP) is 8.21. The maximum absolute atomic E-state index is 9.21. The largest absolute Gasteiger partial charge is 0.508 e. The highest BCUT2D eigenvalue weighted by Gasteiger charge is 2.03. The Kier molecular flexibility index (Phi) is 11.7. The zero-order valence-electron chi connectivity index (χ0n) is 19.6. The van der Waals surface area contributed by atoms with E-state index < -0.39 is 0 Å². The number of fused-ring (bicyclic) bond motifs is 2. The minimum Gasteiger partial charge on any atom is -0.508 e. The fourth-order valence-corrected chi connectivity index (χ4v) is 3.51. The van der Waals surface area contributed by atoms with Crippen molar-refractivity contribution in [1.82, 2.24) is 9.80 Å². The van der Waals surface area contributed by atoms with Gasteiger partial charge in [0, 0.05) is 37.1 Å². The van der Waals surface area contributed by atoms with Crippen LogP contribution in [0.5, 0.6) is 11.5 Å². The molecule has 0 heterocycles. The minimum absolute atomic E-state index is 0.306. The monoisotopic (exact) mass is 654 g/mol. The zero-order chi connectivity index (χ0) is 26.1.